The van der Waals surface area contributed by atoms with E-state index in [2.05, 4.69) is 25.1 Å². The lowest BCUT2D eigenvalue weighted by Gasteiger charge is -2.01. The molecule has 128 valence electrons. The zero-order valence-electron chi connectivity index (χ0n) is 14.2. The van der Waals surface area contributed by atoms with Crippen molar-refractivity contribution < 1.29 is 0 Å². The molecule has 4 aromatic rings. The molecule has 2 N–H and O–H groups in total. The number of hydrogen-bond donors (Lipinski definition) is 1. The van der Waals surface area contributed by atoms with Crippen LogP contribution in [-0.2, 0) is 0 Å². The van der Waals surface area contributed by atoms with Crippen LogP contribution in [0.3, 0.4) is 0 Å². The van der Waals surface area contributed by atoms with E-state index in [9.17, 15) is 0 Å². The second-order valence-electron chi connectivity index (χ2n) is 5.88. The van der Waals surface area contributed by atoms with E-state index in [0.717, 1.165) is 31.7 Å². The van der Waals surface area contributed by atoms with Crippen LogP contribution in [0.5, 0.6) is 0 Å². The minimum absolute atomic E-state index is 0.506. The summed E-state index contributed by atoms with van der Waals surface area (Å²) < 4.78 is 0. The Bertz CT molecular complexity index is 1030. The normalized spacial score (nSPS) is 11.7. The van der Waals surface area contributed by atoms with Gasteiger partial charge in [0.15, 0.2) is 0 Å². The third kappa shape index (κ3) is 3.45. The summed E-state index contributed by atoms with van der Waals surface area (Å²) in [5.74, 6) is 0.506. The van der Waals surface area contributed by atoms with Crippen molar-refractivity contribution in [2.24, 2.45) is 10.7 Å². The predicted octanol–water partition coefficient (Wildman–Crippen LogP) is 5.88. The Balaban J connectivity index is 1.80. The average Bonchev–Trinajstić information content (AvgIpc) is 3.32. The number of rotatable bonds is 4. The summed E-state index contributed by atoms with van der Waals surface area (Å²) in [7, 11) is 0. The molecule has 2 aromatic heterocycles. The van der Waals surface area contributed by atoms with Gasteiger partial charge < -0.3 is 5.73 Å². The summed E-state index contributed by atoms with van der Waals surface area (Å²) in [6.45, 7) is 2.06. The van der Waals surface area contributed by atoms with Crippen LogP contribution in [0.4, 0.5) is 5.00 Å². The summed E-state index contributed by atoms with van der Waals surface area (Å²) in [5, 5.41) is 3.84. The van der Waals surface area contributed by atoms with Crippen LogP contribution >= 0.6 is 22.7 Å². The molecule has 5 heteroatoms. The Hall–Kier alpha value is -2.76. The van der Waals surface area contributed by atoms with Gasteiger partial charge in [0.25, 0.3) is 0 Å². The molecule has 0 unspecified atom stereocenters. The molecule has 0 fully saturated rings. The van der Waals surface area contributed by atoms with E-state index in [1.54, 1.807) is 22.7 Å². The SMILES string of the molecule is Cc1ccc(/C(N)=N/c2sc(-c3ccccc3)nc2-c2cccs2)cc1. The highest BCUT2D eigenvalue weighted by Crippen LogP contribution is 2.41. The molecule has 0 bridgehead atoms. The van der Waals surface area contributed by atoms with Crippen LogP contribution in [0.1, 0.15) is 11.1 Å². The molecule has 0 saturated carbocycles. The lowest BCUT2D eigenvalue weighted by molar-refractivity contribution is 1.39. The maximum Gasteiger partial charge on any atom is 0.147 e. The van der Waals surface area contributed by atoms with E-state index < -0.39 is 0 Å². The first kappa shape index (κ1) is 16.7. The summed E-state index contributed by atoms with van der Waals surface area (Å²) >= 11 is 3.22. The maximum absolute atomic E-state index is 6.28. The number of nitrogens with zero attached hydrogens (tertiary/aromatic N) is 2. The lowest BCUT2D eigenvalue weighted by atomic mass is 10.1. The van der Waals surface area contributed by atoms with Gasteiger partial charge in [0.1, 0.15) is 21.5 Å². The van der Waals surface area contributed by atoms with E-state index >= 15 is 0 Å². The van der Waals surface area contributed by atoms with Gasteiger partial charge >= 0.3 is 0 Å². The Morgan fingerprint density at radius 2 is 1.73 bits per heavy atom. The predicted molar refractivity (Wildman–Crippen MR) is 112 cm³/mol. The van der Waals surface area contributed by atoms with E-state index in [4.69, 9.17) is 15.7 Å². The maximum atomic E-state index is 6.28. The summed E-state index contributed by atoms with van der Waals surface area (Å²) in [6, 6.07) is 22.3. The molecule has 0 amide bonds. The van der Waals surface area contributed by atoms with Gasteiger partial charge in [-0.05, 0) is 18.4 Å². The van der Waals surface area contributed by atoms with Gasteiger partial charge in [-0.15, -0.1) is 11.3 Å². The van der Waals surface area contributed by atoms with Crippen LogP contribution < -0.4 is 5.73 Å². The number of aryl methyl sites for hydroxylation is 1. The number of thiazole rings is 1. The van der Waals surface area contributed by atoms with Gasteiger partial charge in [-0.3, -0.25) is 0 Å². The summed E-state index contributed by atoms with van der Waals surface area (Å²) in [5.41, 5.74) is 10.4. The minimum atomic E-state index is 0.506. The zero-order chi connectivity index (χ0) is 17.9. The average molecular weight is 376 g/mol. The molecule has 2 aromatic carbocycles. The molecule has 0 aliphatic heterocycles. The van der Waals surface area contributed by atoms with Crippen molar-refractivity contribution in [1.82, 2.24) is 4.98 Å². The van der Waals surface area contributed by atoms with Gasteiger partial charge in [-0.25, -0.2) is 9.98 Å². The molecular formula is C21H17N3S2. The third-order valence-corrected chi connectivity index (χ3v) is 5.83. The standard InChI is InChI=1S/C21H17N3S2/c1-14-9-11-15(12-10-14)19(22)24-21-18(17-8-5-13-25-17)23-20(26-21)16-6-3-2-4-7-16/h2-13H,1H3,(H2,22,24). The number of aromatic nitrogens is 1. The first-order valence-corrected chi connectivity index (χ1v) is 9.91. The number of aliphatic imine (C=N–C) groups is 1. The molecule has 3 nitrogen and oxygen atoms in total. The lowest BCUT2D eigenvalue weighted by Crippen LogP contribution is -2.12. The number of thiophene rings is 1. The molecule has 0 saturated heterocycles. The highest BCUT2D eigenvalue weighted by atomic mass is 32.1. The highest BCUT2D eigenvalue weighted by Gasteiger charge is 2.15. The van der Waals surface area contributed by atoms with E-state index in [1.165, 1.54) is 5.56 Å². The van der Waals surface area contributed by atoms with Crippen molar-refractivity contribution in [1.29, 1.82) is 0 Å². The number of benzene rings is 2. The smallest absolute Gasteiger partial charge is 0.147 e. The topological polar surface area (TPSA) is 51.3 Å². The monoisotopic (exact) mass is 375 g/mol. The number of amidine groups is 1. The van der Waals surface area contributed by atoms with Crippen LogP contribution in [0, 0.1) is 6.92 Å². The summed E-state index contributed by atoms with van der Waals surface area (Å²) in [4.78, 5) is 10.7. The molecule has 2 heterocycles. The van der Waals surface area contributed by atoms with Crippen LogP contribution in [0.15, 0.2) is 77.1 Å². The molecule has 0 radical (unpaired) electrons. The molecule has 0 aliphatic carbocycles. The van der Waals surface area contributed by atoms with Crippen molar-refractivity contribution in [3.8, 4) is 21.1 Å². The molecule has 0 atom stereocenters. The van der Waals surface area contributed by atoms with E-state index in [0.29, 0.717) is 5.84 Å². The molecule has 4 rings (SSSR count). The van der Waals surface area contributed by atoms with Crippen molar-refractivity contribution in [3.05, 3.63) is 83.2 Å². The Morgan fingerprint density at radius 3 is 2.42 bits per heavy atom. The van der Waals surface area contributed by atoms with Crippen molar-refractivity contribution in [2.45, 2.75) is 6.92 Å². The summed E-state index contributed by atoms with van der Waals surface area (Å²) in [6.07, 6.45) is 0. The molecule has 0 aliphatic rings. The molecule has 26 heavy (non-hydrogen) atoms. The number of nitrogens with two attached hydrogens (primary N) is 1. The Morgan fingerprint density at radius 1 is 0.962 bits per heavy atom. The fourth-order valence-corrected chi connectivity index (χ4v) is 4.31. The zero-order valence-corrected chi connectivity index (χ0v) is 15.8. The van der Waals surface area contributed by atoms with Crippen molar-refractivity contribution >= 4 is 33.5 Å². The van der Waals surface area contributed by atoms with Gasteiger partial charge in [-0.1, -0.05) is 77.6 Å². The fraction of sp³-hybridized carbons (Fsp3) is 0.0476. The first-order valence-electron chi connectivity index (χ1n) is 8.22. The molecular weight excluding hydrogens is 358 g/mol. The number of hydrogen-bond acceptors (Lipinski definition) is 4. The van der Waals surface area contributed by atoms with Gasteiger partial charge in [0, 0.05) is 11.1 Å². The minimum Gasteiger partial charge on any atom is -0.383 e. The van der Waals surface area contributed by atoms with Crippen molar-refractivity contribution in [2.75, 3.05) is 0 Å². The fourth-order valence-electron chi connectivity index (χ4n) is 2.56. The van der Waals surface area contributed by atoms with Crippen LogP contribution in [-0.4, -0.2) is 10.8 Å². The Labute approximate surface area is 160 Å². The van der Waals surface area contributed by atoms with E-state index in [1.807, 2.05) is 53.9 Å². The highest BCUT2D eigenvalue weighted by molar-refractivity contribution is 7.20. The van der Waals surface area contributed by atoms with Crippen LogP contribution in [0.2, 0.25) is 0 Å². The van der Waals surface area contributed by atoms with Gasteiger partial charge in [0.05, 0.1) is 4.88 Å². The first-order chi connectivity index (χ1) is 12.7. The third-order valence-electron chi connectivity index (χ3n) is 3.95. The van der Waals surface area contributed by atoms with Gasteiger partial charge in [-0.2, -0.15) is 0 Å². The largest absolute Gasteiger partial charge is 0.383 e. The second kappa shape index (κ2) is 7.23. The Kier molecular flexibility index (Phi) is 4.65. The second-order valence-corrected chi connectivity index (χ2v) is 7.80. The van der Waals surface area contributed by atoms with E-state index in [-0.39, 0.29) is 0 Å². The molecule has 0 spiro atoms. The quantitative estimate of drug-likeness (QED) is 0.357. The van der Waals surface area contributed by atoms with Crippen LogP contribution in [0.25, 0.3) is 21.1 Å². The van der Waals surface area contributed by atoms with Gasteiger partial charge in [0.2, 0.25) is 0 Å². The van der Waals surface area contributed by atoms with Crippen molar-refractivity contribution in [3.63, 3.8) is 0 Å².